The van der Waals surface area contributed by atoms with Crippen molar-refractivity contribution in [2.24, 2.45) is 10.2 Å². The van der Waals surface area contributed by atoms with Crippen molar-refractivity contribution < 1.29 is 24.6 Å². The molecule has 2 aromatic carbocycles. The van der Waals surface area contributed by atoms with Crippen molar-refractivity contribution in [3.8, 4) is 0 Å². The van der Waals surface area contributed by atoms with Gasteiger partial charge in [-0.1, -0.05) is 0 Å². The summed E-state index contributed by atoms with van der Waals surface area (Å²) in [7, 11) is -4.25. The van der Waals surface area contributed by atoms with E-state index in [0.717, 1.165) is 5.69 Å². The SMILES string of the molecule is O=P(O)(O)c1ccc(N=Nc2ccc(N(CCO)CCO)cc2)cc1. The van der Waals surface area contributed by atoms with Crippen LogP contribution in [0.2, 0.25) is 0 Å². The molecular weight excluding hydrogens is 345 g/mol. The molecule has 0 atom stereocenters. The largest absolute Gasteiger partial charge is 0.395 e. The molecule has 2 aromatic rings. The Labute approximate surface area is 145 Å². The van der Waals surface area contributed by atoms with Gasteiger partial charge in [-0.15, -0.1) is 0 Å². The molecule has 0 saturated heterocycles. The highest BCUT2D eigenvalue weighted by Crippen LogP contribution is 2.33. The standard InChI is InChI=1S/C16H20N3O5P/c20-11-9-19(10-12-21)15-5-1-13(2-6-15)17-18-14-3-7-16(8-4-14)25(22,23)24/h1-8,20-21H,9-12H2,(H2,22,23,24). The highest BCUT2D eigenvalue weighted by molar-refractivity contribution is 7.60. The van der Waals surface area contributed by atoms with Gasteiger partial charge in [-0.05, 0) is 48.5 Å². The third-order valence-corrected chi connectivity index (χ3v) is 4.39. The first-order valence-corrected chi connectivity index (χ1v) is 9.20. The Hall–Kier alpha value is -2.09. The van der Waals surface area contributed by atoms with Crippen LogP contribution >= 0.6 is 7.60 Å². The maximum atomic E-state index is 11.1. The second-order valence-corrected chi connectivity index (χ2v) is 6.82. The summed E-state index contributed by atoms with van der Waals surface area (Å²) >= 11 is 0. The maximum Gasteiger partial charge on any atom is 0.356 e. The van der Waals surface area contributed by atoms with Gasteiger partial charge in [0.15, 0.2) is 0 Å². The van der Waals surface area contributed by atoms with E-state index in [4.69, 9.17) is 20.0 Å². The molecule has 0 unspecified atom stereocenters. The predicted molar refractivity (Wildman–Crippen MR) is 95.1 cm³/mol. The summed E-state index contributed by atoms with van der Waals surface area (Å²) in [5.41, 5.74) is 1.94. The molecule has 0 aliphatic carbocycles. The second-order valence-electron chi connectivity index (χ2n) is 5.21. The van der Waals surface area contributed by atoms with E-state index in [1.165, 1.54) is 24.3 Å². The smallest absolute Gasteiger partial charge is 0.356 e. The quantitative estimate of drug-likeness (QED) is 0.417. The molecular formula is C16H20N3O5P. The second kappa shape index (κ2) is 8.84. The number of nitrogens with zero attached hydrogens (tertiary/aromatic N) is 3. The molecule has 0 aliphatic rings. The van der Waals surface area contributed by atoms with Gasteiger partial charge < -0.3 is 24.9 Å². The number of hydrogen-bond acceptors (Lipinski definition) is 6. The highest BCUT2D eigenvalue weighted by atomic mass is 31.2. The Morgan fingerprint density at radius 3 is 1.64 bits per heavy atom. The van der Waals surface area contributed by atoms with Crippen molar-refractivity contribution in [2.45, 2.75) is 0 Å². The van der Waals surface area contributed by atoms with E-state index in [1.807, 2.05) is 17.0 Å². The van der Waals surface area contributed by atoms with Crippen LogP contribution in [0.1, 0.15) is 0 Å². The molecule has 0 fully saturated rings. The van der Waals surface area contributed by atoms with E-state index >= 15 is 0 Å². The molecule has 0 amide bonds. The van der Waals surface area contributed by atoms with Crippen LogP contribution in [0.3, 0.4) is 0 Å². The van der Waals surface area contributed by atoms with Crippen LogP contribution in [0.5, 0.6) is 0 Å². The monoisotopic (exact) mass is 365 g/mol. The van der Waals surface area contributed by atoms with Crippen LogP contribution in [0.15, 0.2) is 58.8 Å². The van der Waals surface area contributed by atoms with Gasteiger partial charge >= 0.3 is 7.60 Å². The van der Waals surface area contributed by atoms with E-state index in [1.54, 1.807) is 12.1 Å². The lowest BCUT2D eigenvalue weighted by molar-refractivity contribution is 0.281. The fourth-order valence-corrected chi connectivity index (χ4v) is 2.71. The van der Waals surface area contributed by atoms with Gasteiger partial charge in [-0.3, -0.25) is 4.57 Å². The first-order chi connectivity index (χ1) is 11.9. The zero-order chi connectivity index (χ0) is 18.3. The zero-order valence-electron chi connectivity index (χ0n) is 13.4. The number of aliphatic hydroxyl groups is 2. The van der Waals surface area contributed by atoms with Crippen molar-refractivity contribution in [1.82, 2.24) is 0 Å². The molecule has 0 bridgehead atoms. The molecule has 134 valence electrons. The third kappa shape index (κ3) is 5.74. The van der Waals surface area contributed by atoms with E-state index in [-0.39, 0.29) is 18.5 Å². The van der Waals surface area contributed by atoms with Crippen molar-refractivity contribution in [3.63, 3.8) is 0 Å². The van der Waals surface area contributed by atoms with Gasteiger partial charge in [0.1, 0.15) is 0 Å². The molecule has 4 N–H and O–H groups in total. The Morgan fingerprint density at radius 1 is 0.800 bits per heavy atom. The predicted octanol–water partition coefficient (Wildman–Crippen LogP) is 1.70. The maximum absolute atomic E-state index is 11.1. The number of hydrogen-bond donors (Lipinski definition) is 4. The van der Waals surface area contributed by atoms with Crippen LogP contribution < -0.4 is 10.2 Å². The average Bonchev–Trinajstić information content (AvgIpc) is 2.60. The van der Waals surface area contributed by atoms with E-state index < -0.39 is 7.60 Å². The first kappa shape index (κ1) is 19.2. The lowest BCUT2D eigenvalue weighted by Gasteiger charge is -2.22. The summed E-state index contributed by atoms with van der Waals surface area (Å²) in [6, 6.07) is 12.7. The van der Waals surface area contributed by atoms with Gasteiger partial charge in [-0.2, -0.15) is 10.2 Å². The van der Waals surface area contributed by atoms with Gasteiger partial charge in [-0.25, -0.2) is 0 Å². The molecule has 9 heteroatoms. The van der Waals surface area contributed by atoms with Gasteiger partial charge in [0, 0.05) is 18.8 Å². The number of anilines is 1. The summed E-state index contributed by atoms with van der Waals surface area (Å²) in [5, 5.41) is 26.1. The Morgan fingerprint density at radius 2 is 1.24 bits per heavy atom. The van der Waals surface area contributed by atoms with E-state index in [9.17, 15) is 4.57 Å². The third-order valence-electron chi connectivity index (χ3n) is 3.42. The van der Waals surface area contributed by atoms with Crippen LogP contribution in [-0.4, -0.2) is 46.3 Å². The van der Waals surface area contributed by atoms with Crippen LogP contribution in [0.25, 0.3) is 0 Å². The van der Waals surface area contributed by atoms with Crippen molar-refractivity contribution in [3.05, 3.63) is 48.5 Å². The fourth-order valence-electron chi connectivity index (χ4n) is 2.17. The molecule has 25 heavy (non-hydrogen) atoms. The normalized spacial score (nSPS) is 11.8. The Kier molecular flexibility index (Phi) is 6.81. The minimum Gasteiger partial charge on any atom is -0.395 e. The van der Waals surface area contributed by atoms with E-state index in [2.05, 4.69) is 10.2 Å². The number of rotatable bonds is 8. The van der Waals surface area contributed by atoms with Gasteiger partial charge in [0.05, 0.1) is 29.9 Å². The van der Waals surface area contributed by atoms with Gasteiger partial charge in [0.2, 0.25) is 0 Å². The van der Waals surface area contributed by atoms with E-state index in [0.29, 0.717) is 24.5 Å². The molecule has 2 rings (SSSR count). The first-order valence-electron chi connectivity index (χ1n) is 7.58. The lowest BCUT2D eigenvalue weighted by atomic mass is 10.2. The number of azo groups is 1. The topological polar surface area (TPSA) is 126 Å². The van der Waals surface area contributed by atoms with Crippen LogP contribution in [0, 0.1) is 0 Å². The molecule has 0 aromatic heterocycles. The zero-order valence-corrected chi connectivity index (χ0v) is 14.3. The summed E-state index contributed by atoms with van der Waals surface area (Å²) in [6.45, 7) is 0.832. The fraction of sp³-hybridized carbons (Fsp3) is 0.250. The minimum absolute atomic E-state index is 0.00787. The summed E-state index contributed by atoms with van der Waals surface area (Å²) in [5.74, 6) is 0. The molecule has 0 aliphatic heterocycles. The summed E-state index contributed by atoms with van der Waals surface area (Å²) in [6.07, 6.45) is 0. The van der Waals surface area contributed by atoms with Gasteiger partial charge in [0.25, 0.3) is 0 Å². The van der Waals surface area contributed by atoms with Crippen molar-refractivity contribution in [1.29, 1.82) is 0 Å². The molecule has 0 heterocycles. The van der Waals surface area contributed by atoms with Crippen molar-refractivity contribution in [2.75, 3.05) is 31.2 Å². The lowest BCUT2D eigenvalue weighted by Crippen LogP contribution is -2.29. The Bertz CT molecular complexity index is 737. The minimum atomic E-state index is -4.25. The summed E-state index contributed by atoms with van der Waals surface area (Å²) < 4.78 is 11.1. The Balaban J connectivity index is 2.07. The molecule has 0 saturated carbocycles. The molecule has 0 radical (unpaired) electrons. The van der Waals surface area contributed by atoms with Crippen LogP contribution in [-0.2, 0) is 4.57 Å². The van der Waals surface area contributed by atoms with Crippen LogP contribution in [0.4, 0.5) is 17.1 Å². The number of aliphatic hydroxyl groups excluding tert-OH is 2. The average molecular weight is 365 g/mol. The number of benzene rings is 2. The van der Waals surface area contributed by atoms with Crippen molar-refractivity contribution >= 4 is 30.0 Å². The summed E-state index contributed by atoms with van der Waals surface area (Å²) in [4.78, 5) is 20.0. The highest BCUT2D eigenvalue weighted by Gasteiger charge is 2.15. The molecule has 8 nitrogen and oxygen atoms in total. The molecule has 0 spiro atoms.